The highest BCUT2D eigenvalue weighted by Crippen LogP contribution is 2.39. The van der Waals surface area contributed by atoms with Gasteiger partial charge in [-0.15, -0.1) is 0 Å². The van der Waals surface area contributed by atoms with Crippen LogP contribution in [0.2, 0.25) is 18.1 Å². The highest BCUT2D eigenvalue weighted by atomic mass is 28.4. The first-order valence-electron chi connectivity index (χ1n) is 5.96. The van der Waals surface area contributed by atoms with Crippen molar-refractivity contribution in [1.82, 2.24) is 0 Å². The lowest BCUT2D eigenvalue weighted by atomic mass is 10.2. The number of rotatable bonds is 3. The second-order valence-corrected chi connectivity index (χ2v) is 10.6. The quantitative estimate of drug-likeness (QED) is 0.478. The molecule has 0 amide bonds. The number of nitro benzene ring substituents is 1. The third-order valence-electron chi connectivity index (χ3n) is 3.46. The average molecular weight is 278 g/mol. The average Bonchev–Trinajstić information content (AvgIpc) is 2.27. The Balaban J connectivity index is 3.23. The highest BCUT2D eigenvalue weighted by molar-refractivity contribution is 6.74. The Labute approximate surface area is 114 Å². The third-order valence-corrected chi connectivity index (χ3v) is 7.80. The summed E-state index contributed by atoms with van der Waals surface area (Å²) in [5.74, 6) is 0.246. The standard InChI is InChI=1S/C13H18N2O3Si/c1-13(2,3)19(4,5)18-12-7-6-10(9-14)8-11(12)15(16)17/h6-8H,1-5H3. The largest absolute Gasteiger partial charge is 0.539 e. The summed E-state index contributed by atoms with van der Waals surface area (Å²) in [6.07, 6.45) is 0. The summed E-state index contributed by atoms with van der Waals surface area (Å²) in [6.45, 7) is 10.2. The van der Waals surface area contributed by atoms with Gasteiger partial charge in [-0.25, -0.2) is 0 Å². The van der Waals surface area contributed by atoms with E-state index in [0.29, 0.717) is 0 Å². The normalized spacial score (nSPS) is 11.8. The van der Waals surface area contributed by atoms with Crippen molar-refractivity contribution in [2.45, 2.75) is 38.9 Å². The van der Waals surface area contributed by atoms with Crippen molar-refractivity contribution < 1.29 is 9.35 Å². The number of benzene rings is 1. The van der Waals surface area contributed by atoms with E-state index >= 15 is 0 Å². The van der Waals surface area contributed by atoms with Crippen LogP contribution in [0.4, 0.5) is 5.69 Å². The van der Waals surface area contributed by atoms with E-state index in [0.717, 1.165) is 0 Å². The smallest absolute Gasteiger partial charge is 0.310 e. The molecule has 1 aromatic carbocycles. The maximum atomic E-state index is 11.1. The van der Waals surface area contributed by atoms with E-state index in [9.17, 15) is 10.1 Å². The Morgan fingerprint density at radius 1 is 1.37 bits per heavy atom. The molecule has 0 aliphatic heterocycles. The monoisotopic (exact) mass is 278 g/mol. The van der Waals surface area contributed by atoms with Gasteiger partial charge in [0.25, 0.3) is 8.32 Å². The Morgan fingerprint density at radius 2 is 1.95 bits per heavy atom. The van der Waals surface area contributed by atoms with Crippen LogP contribution in [0.5, 0.6) is 5.75 Å². The summed E-state index contributed by atoms with van der Waals surface area (Å²) in [6, 6.07) is 6.19. The maximum Gasteiger partial charge on any atom is 0.310 e. The lowest BCUT2D eigenvalue weighted by Crippen LogP contribution is -2.44. The number of nitrogens with zero attached hydrogens (tertiary/aromatic N) is 2. The zero-order valence-electron chi connectivity index (χ0n) is 11.9. The molecule has 19 heavy (non-hydrogen) atoms. The van der Waals surface area contributed by atoms with Crippen LogP contribution in [-0.4, -0.2) is 13.2 Å². The minimum absolute atomic E-state index is 0.0469. The van der Waals surface area contributed by atoms with Crippen molar-refractivity contribution in [3.05, 3.63) is 33.9 Å². The molecule has 5 nitrogen and oxygen atoms in total. The fraction of sp³-hybridized carbons (Fsp3) is 0.462. The third kappa shape index (κ3) is 3.32. The first-order valence-corrected chi connectivity index (χ1v) is 8.87. The van der Waals surface area contributed by atoms with Crippen LogP contribution in [0.3, 0.4) is 0 Å². The summed E-state index contributed by atoms with van der Waals surface area (Å²) in [4.78, 5) is 10.5. The van der Waals surface area contributed by atoms with Crippen LogP contribution >= 0.6 is 0 Å². The summed E-state index contributed by atoms with van der Waals surface area (Å²) >= 11 is 0. The molecule has 0 radical (unpaired) electrons. The van der Waals surface area contributed by atoms with Gasteiger partial charge in [-0.3, -0.25) is 10.1 Å². The van der Waals surface area contributed by atoms with Gasteiger partial charge in [0.2, 0.25) is 0 Å². The molecule has 102 valence electrons. The highest BCUT2D eigenvalue weighted by Gasteiger charge is 2.40. The van der Waals surface area contributed by atoms with E-state index < -0.39 is 13.2 Å². The molecular formula is C13H18N2O3Si. The van der Waals surface area contributed by atoms with Gasteiger partial charge < -0.3 is 4.43 Å². The Morgan fingerprint density at radius 3 is 2.37 bits per heavy atom. The molecule has 0 N–H and O–H groups in total. The zero-order chi connectivity index (χ0) is 14.8. The molecule has 0 saturated carbocycles. The molecule has 0 aliphatic rings. The number of nitriles is 1. The fourth-order valence-corrected chi connectivity index (χ4v) is 2.27. The van der Waals surface area contributed by atoms with Crippen molar-refractivity contribution in [3.8, 4) is 11.8 Å². The second-order valence-electron chi connectivity index (χ2n) is 5.91. The number of hydrogen-bond donors (Lipinski definition) is 0. The van der Waals surface area contributed by atoms with E-state index in [4.69, 9.17) is 9.69 Å². The first kappa shape index (κ1) is 15.2. The van der Waals surface area contributed by atoms with Crippen molar-refractivity contribution in [1.29, 1.82) is 5.26 Å². The molecule has 0 aliphatic carbocycles. The molecule has 1 aromatic rings. The molecule has 0 unspecified atom stereocenters. The molecule has 0 aromatic heterocycles. The van der Waals surface area contributed by atoms with Gasteiger partial charge in [0.05, 0.1) is 16.6 Å². The lowest BCUT2D eigenvalue weighted by Gasteiger charge is -2.36. The van der Waals surface area contributed by atoms with E-state index in [1.165, 1.54) is 18.2 Å². The van der Waals surface area contributed by atoms with Gasteiger partial charge in [-0.05, 0) is 30.3 Å². The van der Waals surface area contributed by atoms with E-state index in [1.54, 1.807) is 0 Å². The van der Waals surface area contributed by atoms with E-state index in [-0.39, 0.29) is 22.0 Å². The maximum absolute atomic E-state index is 11.1. The number of hydrogen-bond acceptors (Lipinski definition) is 4. The summed E-state index contributed by atoms with van der Waals surface area (Å²) in [5, 5.41) is 19.8. The van der Waals surface area contributed by atoms with Crippen LogP contribution in [0.15, 0.2) is 18.2 Å². The van der Waals surface area contributed by atoms with Crippen LogP contribution in [0.1, 0.15) is 26.3 Å². The molecule has 1 rings (SSSR count). The first-order chi connectivity index (χ1) is 8.58. The molecule has 0 fully saturated rings. The van der Waals surface area contributed by atoms with Gasteiger partial charge in [0, 0.05) is 6.07 Å². The van der Waals surface area contributed by atoms with Crippen molar-refractivity contribution in [2.24, 2.45) is 0 Å². The van der Waals surface area contributed by atoms with Crippen molar-refractivity contribution >= 4 is 14.0 Å². The molecule has 0 spiro atoms. The van der Waals surface area contributed by atoms with Gasteiger partial charge in [0.15, 0.2) is 5.75 Å². The molecule has 0 heterocycles. The van der Waals surface area contributed by atoms with Crippen LogP contribution in [0, 0.1) is 21.4 Å². The predicted octanol–water partition coefficient (Wildman–Crippen LogP) is 3.85. The summed E-state index contributed by atoms with van der Waals surface area (Å²) in [7, 11) is -2.14. The summed E-state index contributed by atoms with van der Waals surface area (Å²) < 4.78 is 5.95. The molecular weight excluding hydrogens is 260 g/mol. The van der Waals surface area contributed by atoms with Gasteiger partial charge in [0.1, 0.15) is 0 Å². The molecule has 6 heteroatoms. The van der Waals surface area contributed by atoms with Crippen LogP contribution in [-0.2, 0) is 0 Å². The molecule has 0 atom stereocenters. The number of nitro groups is 1. The van der Waals surface area contributed by atoms with Crippen LogP contribution < -0.4 is 4.43 Å². The second kappa shape index (κ2) is 5.01. The lowest BCUT2D eigenvalue weighted by molar-refractivity contribution is -0.385. The topological polar surface area (TPSA) is 76.2 Å². The van der Waals surface area contributed by atoms with Gasteiger partial charge >= 0.3 is 5.69 Å². The van der Waals surface area contributed by atoms with Crippen molar-refractivity contribution in [2.75, 3.05) is 0 Å². The minimum Gasteiger partial charge on any atom is -0.539 e. The Kier molecular flexibility index (Phi) is 4.01. The van der Waals surface area contributed by atoms with E-state index in [2.05, 4.69) is 20.8 Å². The predicted molar refractivity (Wildman–Crippen MR) is 75.6 cm³/mol. The molecule has 0 bridgehead atoms. The van der Waals surface area contributed by atoms with Gasteiger partial charge in [-0.1, -0.05) is 20.8 Å². The van der Waals surface area contributed by atoms with Crippen LogP contribution in [0.25, 0.3) is 0 Å². The minimum atomic E-state index is -2.14. The van der Waals surface area contributed by atoms with Crippen molar-refractivity contribution in [3.63, 3.8) is 0 Å². The zero-order valence-corrected chi connectivity index (χ0v) is 12.9. The molecule has 0 saturated heterocycles. The summed E-state index contributed by atoms with van der Waals surface area (Å²) in [5.41, 5.74) is 0.109. The Hall–Kier alpha value is -1.87. The van der Waals surface area contributed by atoms with E-state index in [1.807, 2.05) is 19.2 Å². The van der Waals surface area contributed by atoms with Gasteiger partial charge in [-0.2, -0.15) is 5.26 Å². The Bertz CT molecular complexity index is 542. The SMILES string of the molecule is CC(C)(C)[Si](C)(C)Oc1ccc(C#N)cc1[N+](=O)[O-]. The fourth-order valence-electron chi connectivity index (χ4n) is 1.24.